The van der Waals surface area contributed by atoms with Gasteiger partial charge in [0.05, 0.1) is 5.71 Å². The minimum Gasteiger partial charge on any atom is -0.341 e. The van der Waals surface area contributed by atoms with Crippen LogP contribution in [0.15, 0.2) is 59.5 Å². The third-order valence-corrected chi connectivity index (χ3v) is 4.47. The predicted octanol–water partition coefficient (Wildman–Crippen LogP) is 6.42. The van der Waals surface area contributed by atoms with Crippen molar-refractivity contribution in [2.75, 3.05) is 0 Å². The molecule has 0 bridgehead atoms. The van der Waals surface area contributed by atoms with Gasteiger partial charge in [-0.3, -0.25) is 0 Å². The second-order valence-electron chi connectivity index (χ2n) is 6.65. The van der Waals surface area contributed by atoms with Crippen LogP contribution in [0.3, 0.4) is 0 Å². The largest absolute Gasteiger partial charge is 0.341 e. The molecule has 0 spiro atoms. The lowest BCUT2D eigenvalue weighted by Crippen LogP contribution is -2.15. The Morgan fingerprint density at radius 1 is 0.792 bits per heavy atom. The van der Waals surface area contributed by atoms with Crippen LogP contribution in [0.1, 0.15) is 56.2 Å². The fourth-order valence-electron chi connectivity index (χ4n) is 2.96. The van der Waals surface area contributed by atoms with E-state index in [0.29, 0.717) is 6.85 Å². The van der Waals surface area contributed by atoms with Gasteiger partial charge in [0.2, 0.25) is 0 Å². The van der Waals surface area contributed by atoms with E-state index in [0.717, 1.165) is 5.71 Å². The van der Waals surface area contributed by atoms with Gasteiger partial charge in [0.15, 0.2) is 0 Å². The molecule has 2 aromatic carbocycles. The van der Waals surface area contributed by atoms with Gasteiger partial charge in [-0.25, -0.2) is 0 Å². The predicted molar refractivity (Wildman–Crippen MR) is 108 cm³/mol. The summed E-state index contributed by atoms with van der Waals surface area (Å²) in [5, 5.41) is 0. The molecule has 1 nitrogen and oxygen atoms in total. The average molecular weight is 319 g/mol. The van der Waals surface area contributed by atoms with Crippen molar-refractivity contribution in [2.45, 2.75) is 59.1 Å². The molecule has 0 fully saturated rings. The first-order valence-electron chi connectivity index (χ1n) is 9.44. The SMILES string of the molecule is CCCCB(CCCC)N=C(c1ccccc1)c1ccc(C)cc1. The summed E-state index contributed by atoms with van der Waals surface area (Å²) < 4.78 is 0. The van der Waals surface area contributed by atoms with Crippen LogP contribution in [-0.2, 0) is 0 Å². The van der Waals surface area contributed by atoms with Crippen LogP contribution in [-0.4, -0.2) is 12.6 Å². The van der Waals surface area contributed by atoms with Crippen molar-refractivity contribution < 1.29 is 0 Å². The van der Waals surface area contributed by atoms with Crippen molar-refractivity contribution in [3.05, 3.63) is 71.3 Å². The van der Waals surface area contributed by atoms with Crippen molar-refractivity contribution in [1.82, 2.24) is 0 Å². The Morgan fingerprint density at radius 3 is 1.88 bits per heavy atom. The van der Waals surface area contributed by atoms with Crippen molar-refractivity contribution in [1.29, 1.82) is 0 Å². The van der Waals surface area contributed by atoms with Crippen molar-refractivity contribution >= 4 is 12.6 Å². The number of hydrogen-bond acceptors (Lipinski definition) is 1. The number of hydrogen-bond donors (Lipinski definition) is 0. The maximum Gasteiger partial charge on any atom is 0.280 e. The highest BCUT2D eigenvalue weighted by molar-refractivity contribution is 6.59. The fraction of sp³-hybridized carbons (Fsp3) is 0.409. The summed E-state index contributed by atoms with van der Waals surface area (Å²) >= 11 is 0. The highest BCUT2D eigenvalue weighted by Gasteiger charge is 2.15. The highest BCUT2D eigenvalue weighted by Crippen LogP contribution is 2.17. The molecule has 2 heteroatoms. The van der Waals surface area contributed by atoms with E-state index in [1.165, 1.54) is 55.0 Å². The number of nitrogens with zero attached hydrogens (tertiary/aromatic N) is 1. The van der Waals surface area contributed by atoms with Gasteiger partial charge in [-0.1, -0.05) is 112 Å². The Hall–Kier alpha value is -1.83. The molecule has 0 atom stereocenters. The molecule has 0 saturated heterocycles. The van der Waals surface area contributed by atoms with E-state index < -0.39 is 0 Å². The van der Waals surface area contributed by atoms with E-state index in [1.807, 2.05) is 0 Å². The van der Waals surface area contributed by atoms with Gasteiger partial charge in [0, 0.05) is 0 Å². The zero-order valence-corrected chi connectivity index (χ0v) is 15.5. The maximum absolute atomic E-state index is 5.24. The van der Waals surface area contributed by atoms with Gasteiger partial charge >= 0.3 is 0 Å². The third-order valence-electron chi connectivity index (χ3n) is 4.47. The van der Waals surface area contributed by atoms with E-state index in [9.17, 15) is 0 Å². The Balaban J connectivity index is 2.36. The van der Waals surface area contributed by atoms with Crippen LogP contribution in [0.4, 0.5) is 0 Å². The van der Waals surface area contributed by atoms with E-state index in [2.05, 4.69) is 75.4 Å². The van der Waals surface area contributed by atoms with Crippen molar-refractivity contribution in [3.63, 3.8) is 0 Å². The lowest BCUT2D eigenvalue weighted by molar-refractivity contribution is 0.839. The second-order valence-corrected chi connectivity index (χ2v) is 6.65. The number of unbranched alkanes of at least 4 members (excludes halogenated alkanes) is 2. The first kappa shape index (κ1) is 18.5. The van der Waals surface area contributed by atoms with Crippen LogP contribution >= 0.6 is 0 Å². The number of benzene rings is 2. The maximum atomic E-state index is 5.24. The Labute approximate surface area is 148 Å². The van der Waals surface area contributed by atoms with Crippen LogP contribution in [0.25, 0.3) is 0 Å². The number of aryl methyl sites for hydroxylation is 1. The smallest absolute Gasteiger partial charge is 0.280 e. The molecule has 126 valence electrons. The van der Waals surface area contributed by atoms with Crippen LogP contribution < -0.4 is 0 Å². The zero-order chi connectivity index (χ0) is 17.2. The van der Waals surface area contributed by atoms with Crippen LogP contribution in [0, 0.1) is 6.92 Å². The van der Waals surface area contributed by atoms with Crippen LogP contribution in [0.5, 0.6) is 0 Å². The average Bonchev–Trinajstić information content (AvgIpc) is 2.63. The first-order valence-corrected chi connectivity index (χ1v) is 9.44. The van der Waals surface area contributed by atoms with Crippen LogP contribution in [0.2, 0.25) is 12.6 Å². The van der Waals surface area contributed by atoms with Gasteiger partial charge in [-0.15, -0.1) is 0 Å². The van der Waals surface area contributed by atoms with Gasteiger partial charge in [0.25, 0.3) is 6.85 Å². The Morgan fingerprint density at radius 2 is 1.33 bits per heavy atom. The monoisotopic (exact) mass is 319 g/mol. The summed E-state index contributed by atoms with van der Waals surface area (Å²) in [6.07, 6.45) is 7.38. The second kappa shape index (κ2) is 10.1. The molecule has 0 radical (unpaired) electrons. The molecular formula is C22H30BN. The fourth-order valence-corrected chi connectivity index (χ4v) is 2.96. The molecule has 0 aliphatic rings. The van der Waals surface area contributed by atoms with Crippen molar-refractivity contribution in [3.8, 4) is 0 Å². The zero-order valence-electron chi connectivity index (χ0n) is 15.5. The molecule has 0 amide bonds. The molecule has 0 unspecified atom stereocenters. The molecule has 0 saturated carbocycles. The highest BCUT2D eigenvalue weighted by atomic mass is 14.7. The third kappa shape index (κ3) is 5.67. The summed E-state index contributed by atoms with van der Waals surface area (Å²) in [6.45, 7) is 7.09. The summed E-state index contributed by atoms with van der Waals surface area (Å²) in [7, 11) is 0. The lowest BCUT2D eigenvalue weighted by Gasteiger charge is -2.13. The lowest BCUT2D eigenvalue weighted by atomic mass is 9.55. The van der Waals surface area contributed by atoms with Gasteiger partial charge < -0.3 is 4.90 Å². The molecular weight excluding hydrogens is 289 g/mol. The summed E-state index contributed by atoms with van der Waals surface area (Å²) in [4.78, 5) is 5.24. The molecule has 0 heterocycles. The standard InChI is InChI=1S/C22H30BN/c1-4-6-17-23(18-7-5-2)24-22(20-11-9-8-10-12-20)21-15-13-19(3)14-16-21/h8-16H,4-7,17-18H2,1-3H3. The topological polar surface area (TPSA) is 12.4 Å². The quantitative estimate of drug-likeness (QED) is 0.373. The molecule has 0 aliphatic carbocycles. The summed E-state index contributed by atoms with van der Waals surface area (Å²) in [5.74, 6) is 0. The molecule has 0 aromatic heterocycles. The number of rotatable bonds is 9. The molecule has 0 N–H and O–H groups in total. The summed E-state index contributed by atoms with van der Waals surface area (Å²) in [6, 6.07) is 19.4. The van der Waals surface area contributed by atoms with E-state index >= 15 is 0 Å². The van der Waals surface area contributed by atoms with Gasteiger partial charge in [-0.2, -0.15) is 0 Å². The van der Waals surface area contributed by atoms with Crippen molar-refractivity contribution in [2.24, 2.45) is 4.90 Å². The Bertz CT molecular complexity index is 608. The van der Waals surface area contributed by atoms with E-state index in [-0.39, 0.29) is 0 Å². The van der Waals surface area contributed by atoms with E-state index in [4.69, 9.17) is 4.90 Å². The normalized spacial score (nSPS) is 11.5. The van der Waals surface area contributed by atoms with E-state index in [1.54, 1.807) is 0 Å². The Kier molecular flexibility index (Phi) is 7.81. The van der Waals surface area contributed by atoms with Gasteiger partial charge in [-0.05, 0) is 18.1 Å². The molecule has 2 rings (SSSR count). The summed E-state index contributed by atoms with van der Waals surface area (Å²) in [5.41, 5.74) is 4.89. The minimum atomic E-state index is 0.432. The molecule has 24 heavy (non-hydrogen) atoms. The minimum absolute atomic E-state index is 0.432. The molecule has 2 aromatic rings. The van der Waals surface area contributed by atoms with Gasteiger partial charge in [0.1, 0.15) is 0 Å². The molecule has 0 aliphatic heterocycles. The first-order chi connectivity index (χ1) is 11.7.